The predicted octanol–water partition coefficient (Wildman–Crippen LogP) is 4.62. The Morgan fingerprint density at radius 1 is 1.19 bits per heavy atom. The minimum atomic E-state index is -0.928. The molecule has 0 aromatic rings. The van der Waals surface area contributed by atoms with E-state index < -0.39 is 10.8 Å². The Morgan fingerprint density at radius 2 is 1.62 bits per heavy atom. The first kappa shape index (κ1) is 20.5. The first-order valence-corrected chi connectivity index (χ1v) is 7.19. The molecule has 0 fully saturated rings. The highest BCUT2D eigenvalue weighted by Gasteiger charge is 1.93. The van der Waals surface area contributed by atoms with E-state index in [1.54, 1.807) is 23.8 Å². The number of hydrogen-bond acceptors (Lipinski definition) is 1. The second-order valence-corrected chi connectivity index (χ2v) is 3.68. The Kier molecular flexibility index (Phi) is 21.2. The van der Waals surface area contributed by atoms with Crippen LogP contribution in [0.4, 0.5) is 0 Å². The van der Waals surface area contributed by atoms with E-state index in [-0.39, 0.29) is 0 Å². The molecule has 0 rings (SSSR count). The van der Waals surface area contributed by atoms with Gasteiger partial charge in [0.1, 0.15) is 0 Å². The van der Waals surface area contributed by atoms with Gasteiger partial charge in [-0.1, -0.05) is 64.7 Å². The lowest BCUT2D eigenvalue weighted by atomic mass is 10.1. The van der Waals surface area contributed by atoms with Crippen molar-refractivity contribution in [1.29, 1.82) is 0 Å². The molecule has 0 heterocycles. The molecule has 0 aliphatic carbocycles. The Hall–Kier alpha value is -0.890. The van der Waals surface area contributed by atoms with Gasteiger partial charge in [-0.2, -0.15) is 0 Å². The zero-order valence-corrected chi connectivity index (χ0v) is 12.4. The highest BCUT2D eigenvalue weighted by Crippen LogP contribution is 2.08. The summed E-state index contributed by atoms with van der Waals surface area (Å²) < 4.78 is 10.9. The van der Waals surface area contributed by atoms with Crippen LogP contribution in [0.3, 0.4) is 0 Å². The molecule has 16 heavy (non-hydrogen) atoms. The normalized spacial score (nSPS) is 11.8. The second-order valence-electron chi connectivity index (χ2n) is 2.45. The summed E-state index contributed by atoms with van der Waals surface area (Å²) in [5, 5.41) is 1.67. The van der Waals surface area contributed by atoms with Crippen LogP contribution in [-0.4, -0.2) is 10.5 Å². The van der Waals surface area contributed by atoms with E-state index in [0.717, 1.165) is 11.1 Å². The summed E-state index contributed by atoms with van der Waals surface area (Å²) in [6.07, 6.45) is 6.95. The molecule has 0 spiro atoms. The minimum absolute atomic E-state index is 0.899. The third-order valence-corrected chi connectivity index (χ3v) is 1.78. The van der Waals surface area contributed by atoms with Gasteiger partial charge in [-0.15, -0.1) is 0 Å². The molecule has 0 aromatic heterocycles. The van der Waals surface area contributed by atoms with Crippen molar-refractivity contribution in [2.75, 3.05) is 6.26 Å². The third-order valence-electron chi connectivity index (χ3n) is 1.20. The van der Waals surface area contributed by atoms with E-state index in [2.05, 4.69) is 13.2 Å². The lowest BCUT2D eigenvalue weighted by Gasteiger charge is -1.97. The zero-order chi connectivity index (χ0) is 13.6. The van der Waals surface area contributed by atoms with Crippen molar-refractivity contribution >= 4 is 10.8 Å². The summed E-state index contributed by atoms with van der Waals surface area (Å²) in [5.74, 6) is 0. The standard InChI is InChI=1S/C10H14OS.2C2H6/c1-5-6-7-10(9(2)3)8-12(4)11;2*1-2/h5-8H,1-2H2,3-4H3;2*1-2H3/b7-6-,10-8-;;. The third kappa shape index (κ3) is 15.6. The summed E-state index contributed by atoms with van der Waals surface area (Å²) in [7, 11) is -0.928. The Bertz CT molecular complexity index is 260. The molecular formula is C14H26OS. The maximum absolute atomic E-state index is 10.9. The van der Waals surface area contributed by atoms with Gasteiger partial charge < -0.3 is 0 Å². The SMILES string of the molecule is C=C/C=C\C(=C\S(C)=O)C(=C)C.CC.CC. The van der Waals surface area contributed by atoms with Crippen molar-refractivity contribution < 1.29 is 4.21 Å². The van der Waals surface area contributed by atoms with Gasteiger partial charge in [0.05, 0.1) is 0 Å². The van der Waals surface area contributed by atoms with Gasteiger partial charge in [0.25, 0.3) is 0 Å². The molecule has 1 atom stereocenters. The van der Waals surface area contributed by atoms with Crippen LogP contribution in [0.25, 0.3) is 0 Å². The largest absolute Gasteiger partial charge is 0.255 e. The van der Waals surface area contributed by atoms with Crippen molar-refractivity contribution in [3.63, 3.8) is 0 Å². The molecule has 0 saturated carbocycles. The van der Waals surface area contributed by atoms with Crippen LogP contribution < -0.4 is 0 Å². The molecule has 0 saturated heterocycles. The summed E-state index contributed by atoms with van der Waals surface area (Å²) in [5.41, 5.74) is 1.80. The molecule has 0 bridgehead atoms. The summed E-state index contributed by atoms with van der Waals surface area (Å²) in [4.78, 5) is 0. The van der Waals surface area contributed by atoms with Crippen molar-refractivity contribution in [3.8, 4) is 0 Å². The average Bonchev–Trinajstić information content (AvgIpc) is 2.29. The number of hydrogen-bond donors (Lipinski definition) is 0. The fraction of sp³-hybridized carbons (Fsp3) is 0.429. The molecule has 2 heteroatoms. The van der Waals surface area contributed by atoms with Crippen LogP contribution in [0.2, 0.25) is 0 Å². The number of rotatable bonds is 4. The van der Waals surface area contributed by atoms with E-state index >= 15 is 0 Å². The van der Waals surface area contributed by atoms with E-state index in [4.69, 9.17) is 0 Å². The van der Waals surface area contributed by atoms with Gasteiger partial charge in [0.15, 0.2) is 0 Å². The van der Waals surface area contributed by atoms with Gasteiger partial charge in [0, 0.05) is 22.5 Å². The van der Waals surface area contributed by atoms with Gasteiger partial charge in [-0.05, 0) is 12.5 Å². The zero-order valence-electron chi connectivity index (χ0n) is 11.5. The second kappa shape index (κ2) is 16.5. The first-order valence-electron chi connectivity index (χ1n) is 5.57. The molecule has 1 nitrogen and oxygen atoms in total. The molecule has 0 N–H and O–H groups in total. The summed E-state index contributed by atoms with van der Waals surface area (Å²) in [6.45, 7) is 17.2. The monoisotopic (exact) mass is 242 g/mol. The Balaban J connectivity index is -0.000000376. The van der Waals surface area contributed by atoms with E-state index in [9.17, 15) is 4.21 Å². The summed E-state index contributed by atoms with van der Waals surface area (Å²) >= 11 is 0. The van der Waals surface area contributed by atoms with Gasteiger partial charge in [-0.3, -0.25) is 4.21 Å². The number of allylic oxidation sites excluding steroid dienone is 5. The lowest BCUT2D eigenvalue weighted by molar-refractivity contribution is 0.691. The first-order chi connectivity index (χ1) is 7.57. The maximum Gasteiger partial charge on any atom is 0.0430 e. The lowest BCUT2D eigenvalue weighted by Crippen LogP contribution is -1.84. The fourth-order valence-corrected chi connectivity index (χ4v) is 1.27. The van der Waals surface area contributed by atoms with Gasteiger partial charge in [-0.25, -0.2) is 0 Å². The Labute approximate surface area is 104 Å². The van der Waals surface area contributed by atoms with Crippen LogP contribution in [-0.2, 0) is 10.8 Å². The van der Waals surface area contributed by atoms with Crippen LogP contribution in [0.5, 0.6) is 0 Å². The van der Waals surface area contributed by atoms with Gasteiger partial charge >= 0.3 is 0 Å². The molecule has 0 radical (unpaired) electrons. The highest BCUT2D eigenvalue weighted by atomic mass is 32.2. The molecule has 0 aliphatic rings. The van der Waals surface area contributed by atoms with Crippen molar-refractivity contribution in [2.45, 2.75) is 34.6 Å². The van der Waals surface area contributed by atoms with Crippen molar-refractivity contribution in [2.24, 2.45) is 0 Å². The maximum atomic E-state index is 10.9. The highest BCUT2D eigenvalue weighted by molar-refractivity contribution is 7.87. The van der Waals surface area contributed by atoms with Crippen LogP contribution in [0.15, 0.2) is 47.9 Å². The summed E-state index contributed by atoms with van der Waals surface area (Å²) in [6, 6.07) is 0. The van der Waals surface area contributed by atoms with Crippen LogP contribution in [0, 0.1) is 0 Å². The fourth-order valence-electron chi connectivity index (χ4n) is 0.633. The van der Waals surface area contributed by atoms with Crippen molar-refractivity contribution in [1.82, 2.24) is 0 Å². The molecule has 0 aromatic carbocycles. The van der Waals surface area contributed by atoms with Crippen LogP contribution in [0.1, 0.15) is 34.6 Å². The molecule has 0 aliphatic heterocycles. The smallest absolute Gasteiger partial charge is 0.0430 e. The average molecular weight is 242 g/mol. The van der Waals surface area contributed by atoms with E-state index in [1.807, 2.05) is 40.7 Å². The topological polar surface area (TPSA) is 17.1 Å². The minimum Gasteiger partial charge on any atom is -0.255 e. The molecule has 94 valence electrons. The van der Waals surface area contributed by atoms with E-state index in [1.165, 1.54) is 0 Å². The molecular weight excluding hydrogens is 216 g/mol. The van der Waals surface area contributed by atoms with Crippen molar-refractivity contribution in [3.05, 3.63) is 47.9 Å². The van der Waals surface area contributed by atoms with Crippen LogP contribution >= 0.6 is 0 Å². The molecule has 0 amide bonds. The van der Waals surface area contributed by atoms with Gasteiger partial charge in [0.2, 0.25) is 0 Å². The molecule has 1 unspecified atom stereocenters. The Morgan fingerprint density at radius 3 is 1.88 bits per heavy atom. The van der Waals surface area contributed by atoms with E-state index in [0.29, 0.717) is 0 Å². The quantitative estimate of drug-likeness (QED) is 0.657. The predicted molar refractivity (Wildman–Crippen MR) is 79.0 cm³/mol.